The van der Waals surface area contributed by atoms with Crippen LogP contribution >= 0.6 is 23.2 Å². The average molecular weight is 348 g/mol. The smallest absolute Gasteiger partial charge is 0.408 e. The molecule has 1 saturated heterocycles. The highest BCUT2D eigenvalue weighted by Gasteiger charge is 2.50. The number of rotatable bonds is 4. The number of nitrogens with one attached hydrogen (secondary N) is 1. The molecule has 22 heavy (non-hydrogen) atoms. The summed E-state index contributed by atoms with van der Waals surface area (Å²) in [5, 5.41) is 12.3. The summed E-state index contributed by atoms with van der Waals surface area (Å²) in [5.74, 6) is -0.283. The predicted molar refractivity (Wildman–Crippen MR) is 82.6 cm³/mol. The number of hydrogen-bond acceptors (Lipinski definition) is 5. The van der Waals surface area contributed by atoms with Crippen molar-refractivity contribution < 1.29 is 14.3 Å². The van der Waals surface area contributed by atoms with Gasteiger partial charge in [0.2, 0.25) is 0 Å². The van der Waals surface area contributed by atoms with Crippen molar-refractivity contribution in [3.05, 3.63) is 11.8 Å². The van der Waals surface area contributed by atoms with E-state index in [1.54, 1.807) is 0 Å². The van der Waals surface area contributed by atoms with Crippen LogP contribution in [0.2, 0.25) is 0 Å². The molecule has 0 saturated carbocycles. The molecule has 8 heteroatoms. The first-order valence-electron chi connectivity index (χ1n) is 7.13. The number of allylic oxidation sites excluding steroid dienone is 1. The fourth-order valence-corrected chi connectivity index (χ4v) is 3.50. The minimum absolute atomic E-state index is 0.283. The van der Waals surface area contributed by atoms with Crippen LogP contribution in [0.4, 0.5) is 4.79 Å². The number of hydrogen-bond donors (Lipinski definition) is 1. The Morgan fingerprint density at radius 2 is 2.27 bits per heavy atom. The molecule has 2 rings (SSSR count). The molecular formula is C14H19Cl2N3O3. The molecule has 2 aliphatic rings. The van der Waals surface area contributed by atoms with Crippen molar-refractivity contribution in [2.45, 2.75) is 23.2 Å². The number of carbonyl (C=O) groups excluding carboxylic acids is 1. The van der Waals surface area contributed by atoms with E-state index in [-0.39, 0.29) is 5.92 Å². The van der Waals surface area contributed by atoms with Gasteiger partial charge in [0.1, 0.15) is 4.84 Å². The standard InChI is InChI=1S/C14H19Cl2N3O3/c1-21-13(20)18-14(9-17,12(15)16)10-3-2-4-11(10)19-5-7-22-8-6-19/h4,10,12H,2-3,5-8H2,1H3,(H,18,20)/t10-,14+/m0/s1. The first-order valence-corrected chi connectivity index (χ1v) is 8.00. The van der Waals surface area contributed by atoms with Crippen LogP contribution in [0.1, 0.15) is 12.8 Å². The van der Waals surface area contributed by atoms with Crippen molar-refractivity contribution in [3.63, 3.8) is 0 Å². The Morgan fingerprint density at radius 1 is 1.59 bits per heavy atom. The molecule has 1 fully saturated rings. The summed E-state index contributed by atoms with van der Waals surface area (Å²) in [6.07, 6.45) is 2.86. The van der Waals surface area contributed by atoms with Gasteiger partial charge < -0.3 is 14.4 Å². The summed E-state index contributed by atoms with van der Waals surface area (Å²) < 4.78 is 9.99. The van der Waals surface area contributed by atoms with E-state index in [1.165, 1.54) is 7.11 Å². The molecule has 0 aromatic heterocycles. The summed E-state index contributed by atoms with van der Waals surface area (Å²) in [6.45, 7) is 2.77. The summed E-state index contributed by atoms with van der Waals surface area (Å²) >= 11 is 12.2. The minimum atomic E-state index is -1.42. The van der Waals surface area contributed by atoms with Gasteiger partial charge in [-0.15, -0.1) is 23.2 Å². The third kappa shape index (κ3) is 3.27. The number of morpholine rings is 1. The molecule has 2 atom stereocenters. The zero-order chi connectivity index (χ0) is 16.2. The Balaban J connectivity index is 2.28. The number of alkyl halides is 2. The zero-order valence-corrected chi connectivity index (χ0v) is 13.9. The molecule has 6 nitrogen and oxygen atoms in total. The van der Waals surface area contributed by atoms with Crippen LogP contribution in [0.15, 0.2) is 11.8 Å². The van der Waals surface area contributed by atoms with Crippen molar-refractivity contribution in [1.29, 1.82) is 5.26 Å². The van der Waals surface area contributed by atoms with Gasteiger partial charge in [-0.1, -0.05) is 6.08 Å². The molecule has 122 valence electrons. The van der Waals surface area contributed by atoms with Gasteiger partial charge in [0.15, 0.2) is 5.54 Å². The second-order valence-corrected chi connectivity index (χ2v) is 6.35. The Labute approximate surface area is 139 Å². The number of nitrogens with zero attached hydrogens (tertiary/aromatic N) is 2. The van der Waals surface area contributed by atoms with E-state index < -0.39 is 16.5 Å². The minimum Gasteiger partial charge on any atom is -0.453 e. The zero-order valence-electron chi connectivity index (χ0n) is 12.3. The van der Waals surface area contributed by atoms with Crippen molar-refractivity contribution in [2.75, 3.05) is 33.4 Å². The maximum absolute atomic E-state index is 11.7. The van der Waals surface area contributed by atoms with Gasteiger partial charge in [-0.25, -0.2) is 4.79 Å². The van der Waals surface area contributed by atoms with Crippen molar-refractivity contribution in [3.8, 4) is 6.07 Å². The van der Waals surface area contributed by atoms with Crippen LogP contribution in [-0.2, 0) is 9.47 Å². The number of amides is 1. The fraction of sp³-hybridized carbons (Fsp3) is 0.714. The van der Waals surface area contributed by atoms with Crippen molar-refractivity contribution in [1.82, 2.24) is 10.2 Å². The second kappa shape index (κ2) is 7.40. The number of halogens is 2. The molecular weight excluding hydrogens is 329 g/mol. The number of methoxy groups -OCH3 is 1. The molecule has 1 heterocycles. The Kier molecular flexibility index (Phi) is 5.79. The topological polar surface area (TPSA) is 74.6 Å². The Hall–Kier alpha value is -1.16. The summed E-state index contributed by atoms with van der Waals surface area (Å²) in [7, 11) is 1.24. The third-order valence-electron chi connectivity index (χ3n) is 4.12. The number of alkyl carbamates (subject to hydrolysis) is 1. The van der Waals surface area contributed by atoms with E-state index in [9.17, 15) is 10.1 Å². The van der Waals surface area contributed by atoms with Gasteiger partial charge in [-0.2, -0.15) is 5.26 Å². The van der Waals surface area contributed by atoms with Gasteiger partial charge in [-0.05, 0) is 12.8 Å². The molecule has 0 aromatic carbocycles. The molecule has 1 N–H and O–H groups in total. The SMILES string of the molecule is COC(=O)N[C@@](C#N)(C(Cl)Cl)[C@H]1CCC=C1N1CCOCC1. The molecule has 1 aliphatic heterocycles. The van der Waals surface area contributed by atoms with Crippen molar-refractivity contribution >= 4 is 29.3 Å². The largest absolute Gasteiger partial charge is 0.453 e. The van der Waals surface area contributed by atoms with Gasteiger partial charge in [0, 0.05) is 24.7 Å². The average Bonchev–Trinajstić information content (AvgIpc) is 3.02. The summed E-state index contributed by atoms with van der Waals surface area (Å²) in [5.41, 5.74) is -0.427. The Morgan fingerprint density at radius 3 is 2.82 bits per heavy atom. The summed E-state index contributed by atoms with van der Waals surface area (Å²) in [6, 6.07) is 2.12. The van der Waals surface area contributed by atoms with Crippen LogP contribution in [0.3, 0.4) is 0 Å². The van der Waals surface area contributed by atoms with E-state index >= 15 is 0 Å². The quantitative estimate of drug-likeness (QED) is 0.787. The molecule has 0 radical (unpaired) electrons. The van der Waals surface area contributed by atoms with Crippen LogP contribution in [0.25, 0.3) is 0 Å². The second-order valence-electron chi connectivity index (χ2n) is 5.26. The van der Waals surface area contributed by atoms with Crippen LogP contribution < -0.4 is 5.32 Å². The Bertz CT molecular complexity index is 486. The molecule has 0 bridgehead atoms. The highest BCUT2D eigenvalue weighted by molar-refractivity contribution is 6.45. The van der Waals surface area contributed by atoms with E-state index in [4.69, 9.17) is 27.9 Å². The van der Waals surface area contributed by atoms with Gasteiger partial charge in [0.05, 0.1) is 26.4 Å². The highest BCUT2D eigenvalue weighted by atomic mass is 35.5. The number of carbonyl (C=O) groups is 1. The molecule has 0 spiro atoms. The number of nitriles is 1. The molecule has 1 amide bonds. The third-order valence-corrected chi connectivity index (χ3v) is 4.80. The maximum atomic E-state index is 11.7. The highest BCUT2D eigenvalue weighted by Crippen LogP contribution is 2.41. The lowest BCUT2D eigenvalue weighted by molar-refractivity contribution is 0.0462. The lowest BCUT2D eigenvalue weighted by Gasteiger charge is -2.40. The van der Waals surface area contributed by atoms with E-state index in [2.05, 4.69) is 27.1 Å². The van der Waals surface area contributed by atoms with E-state index in [0.29, 0.717) is 19.6 Å². The molecule has 0 aromatic rings. The first-order chi connectivity index (χ1) is 10.5. The lowest BCUT2D eigenvalue weighted by Crippen LogP contribution is -2.58. The predicted octanol–water partition coefficient (Wildman–Crippen LogP) is 2.03. The molecule has 0 unspecified atom stereocenters. The van der Waals surface area contributed by atoms with Gasteiger partial charge in [0.25, 0.3) is 0 Å². The normalized spacial score (nSPS) is 24.4. The maximum Gasteiger partial charge on any atom is 0.408 e. The monoisotopic (exact) mass is 347 g/mol. The van der Waals surface area contributed by atoms with Gasteiger partial charge in [-0.3, -0.25) is 5.32 Å². The first kappa shape index (κ1) is 17.2. The number of ether oxygens (including phenoxy) is 2. The van der Waals surface area contributed by atoms with Gasteiger partial charge >= 0.3 is 6.09 Å². The van der Waals surface area contributed by atoms with Crippen molar-refractivity contribution in [2.24, 2.45) is 5.92 Å². The summed E-state index contributed by atoms with van der Waals surface area (Å²) in [4.78, 5) is 12.8. The lowest BCUT2D eigenvalue weighted by atomic mass is 9.83. The molecule has 1 aliphatic carbocycles. The van der Waals surface area contributed by atoms with Crippen LogP contribution in [0.5, 0.6) is 0 Å². The van der Waals surface area contributed by atoms with E-state index in [0.717, 1.165) is 25.2 Å². The van der Waals surface area contributed by atoms with Crippen LogP contribution in [-0.4, -0.2) is 54.8 Å². The van der Waals surface area contributed by atoms with Crippen LogP contribution in [0, 0.1) is 17.2 Å². The van der Waals surface area contributed by atoms with E-state index in [1.807, 2.05) is 0 Å². The fourth-order valence-electron chi connectivity index (χ4n) is 2.99.